The van der Waals surface area contributed by atoms with Gasteiger partial charge in [0.25, 0.3) is 0 Å². The first-order valence-corrected chi connectivity index (χ1v) is 6.59. The summed E-state index contributed by atoms with van der Waals surface area (Å²) in [6.45, 7) is 0. The van der Waals surface area contributed by atoms with Gasteiger partial charge in [0.05, 0.1) is 16.5 Å². The Bertz CT molecular complexity index is 496. The lowest BCUT2D eigenvalue weighted by Crippen LogP contribution is -1.88. The Morgan fingerprint density at radius 2 is 2.00 bits per heavy atom. The lowest BCUT2D eigenvalue weighted by atomic mass is 10.1. The van der Waals surface area contributed by atoms with Crippen LogP contribution in [0.1, 0.15) is 0 Å². The summed E-state index contributed by atoms with van der Waals surface area (Å²) < 4.78 is 6.44. The van der Waals surface area contributed by atoms with Crippen molar-refractivity contribution < 1.29 is 4.74 Å². The molecule has 0 aliphatic rings. The van der Waals surface area contributed by atoms with Crippen LogP contribution in [0.25, 0.3) is 10.8 Å². The fourth-order valence-electron chi connectivity index (χ4n) is 1.60. The fourth-order valence-corrected chi connectivity index (χ4v) is 3.09. The lowest BCUT2D eigenvalue weighted by molar-refractivity contribution is 0.403. The molecule has 0 saturated carbocycles. The van der Waals surface area contributed by atoms with E-state index in [4.69, 9.17) is 4.74 Å². The molecule has 0 atom stereocenters. The van der Waals surface area contributed by atoms with E-state index in [1.165, 1.54) is 10.8 Å². The van der Waals surface area contributed by atoms with Crippen molar-refractivity contribution in [3.05, 3.63) is 34.8 Å². The minimum atomic E-state index is 0.918. The Balaban J connectivity index is 2.81. The topological polar surface area (TPSA) is 9.23 Å². The maximum atomic E-state index is 5.41. The molecular weight excluding hydrogens is 272 g/mol. The summed E-state index contributed by atoms with van der Waals surface area (Å²) in [6, 6.07) is 10.4. The van der Waals surface area contributed by atoms with Crippen molar-refractivity contribution in [2.24, 2.45) is 0 Å². The maximum absolute atomic E-state index is 5.41. The number of benzene rings is 2. The number of ether oxygens (including phenoxy) is 1. The van der Waals surface area contributed by atoms with Crippen LogP contribution in [-0.4, -0.2) is 13.4 Å². The maximum Gasteiger partial charge on any atom is 0.147 e. The molecule has 15 heavy (non-hydrogen) atoms. The van der Waals surface area contributed by atoms with Crippen molar-refractivity contribution in [3.63, 3.8) is 0 Å². The second kappa shape index (κ2) is 4.45. The van der Waals surface area contributed by atoms with Crippen LogP contribution < -0.4 is 4.74 Å². The van der Waals surface area contributed by atoms with Crippen molar-refractivity contribution in [2.45, 2.75) is 4.90 Å². The lowest BCUT2D eigenvalue weighted by Gasteiger charge is -2.11. The van der Waals surface area contributed by atoms with Crippen molar-refractivity contribution in [1.29, 1.82) is 0 Å². The third-order valence-corrected chi connectivity index (χ3v) is 3.86. The number of fused-ring (bicyclic) bond motifs is 1. The Hall–Kier alpha value is -0.670. The zero-order valence-electron chi connectivity index (χ0n) is 8.58. The molecule has 0 N–H and O–H groups in total. The van der Waals surface area contributed by atoms with Crippen LogP contribution in [0.15, 0.2) is 39.7 Å². The Morgan fingerprint density at radius 1 is 1.27 bits per heavy atom. The van der Waals surface area contributed by atoms with Crippen LogP contribution in [-0.2, 0) is 0 Å². The first-order valence-electron chi connectivity index (χ1n) is 4.57. The monoisotopic (exact) mass is 282 g/mol. The fraction of sp³-hybridized carbons (Fsp3) is 0.167. The number of rotatable bonds is 2. The van der Waals surface area contributed by atoms with E-state index in [0.717, 1.165) is 15.1 Å². The van der Waals surface area contributed by atoms with E-state index >= 15 is 0 Å². The average Bonchev–Trinajstić information content (AvgIpc) is 2.29. The molecule has 0 fully saturated rings. The van der Waals surface area contributed by atoms with Gasteiger partial charge in [-0.2, -0.15) is 0 Å². The standard InChI is InChI=1S/C12H11BrOS/c1-14-12-10(15-2)7-8-5-3-4-6-9(8)11(12)13/h3-7H,1-2H3. The second-order valence-corrected chi connectivity index (χ2v) is 4.79. The Morgan fingerprint density at radius 3 is 2.67 bits per heavy atom. The molecule has 0 spiro atoms. The van der Waals surface area contributed by atoms with Crippen LogP contribution in [0.4, 0.5) is 0 Å². The average molecular weight is 283 g/mol. The summed E-state index contributed by atoms with van der Waals surface area (Å²) in [5.41, 5.74) is 0. The molecule has 78 valence electrons. The van der Waals surface area contributed by atoms with Gasteiger partial charge in [0.1, 0.15) is 5.75 Å². The van der Waals surface area contributed by atoms with Crippen LogP contribution in [0.5, 0.6) is 5.75 Å². The normalized spacial score (nSPS) is 10.6. The molecule has 0 heterocycles. The minimum Gasteiger partial charge on any atom is -0.494 e. The zero-order valence-corrected chi connectivity index (χ0v) is 11.0. The molecule has 0 unspecified atom stereocenters. The first kappa shape index (κ1) is 10.8. The largest absolute Gasteiger partial charge is 0.494 e. The van der Waals surface area contributed by atoms with Crippen molar-refractivity contribution >= 4 is 38.5 Å². The van der Waals surface area contributed by atoms with Crippen molar-refractivity contribution in [3.8, 4) is 5.75 Å². The summed E-state index contributed by atoms with van der Waals surface area (Å²) in [5.74, 6) is 0.918. The SMILES string of the molecule is COc1c(SC)cc2ccccc2c1Br. The molecule has 0 aliphatic heterocycles. The highest BCUT2D eigenvalue weighted by Crippen LogP contribution is 2.40. The minimum absolute atomic E-state index is 0.918. The number of hydrogen-bond donors (Lipinski definition) is 0. The zero-order chi connectivity index (χ0) is 10.8. The van der Waals surface area contributed by atoms with E-state index in [1.54, 1.807) is 18.9 Å². The van der Waals surface area contributed by atoms with E-state index < -0.39 is 0 Å². The van der Waals surface area contributed by atoms with Crippen molar-refractivity contribution in [1.82, 2.24) is 0 Å². The predicted molar refractivity (Wildman–Crippen MR) is 70.0 cm³/mol. The Kier molecular flexibility index (Phi) is 3.22. The molecule has 0 aromatic heterocycles. The molecule has 2 aromatic carbocycles. The number of halogens is 1. The molecule has 0 aliphatic carbocycles. The van der Waals surface area contributed by atoms with E-state index in [1.807, 2.05) is 12.1 Å². The third-order valence-electron chi connectivity index (χ3n) is 2.33. The number of hydrogen-bond acceptors (Lipinski definition) is 2. The quantitative estimate of drug-likeness (QED) is 0.758. The highest BCUT2D eigenvalue weighted by Gasteiger charge is 2.10. The van der Waals surface area contributed by atoms with Gasteiger partial charge in [-0.3, -0.25) is 0 Å². The van der Waals surface area contributed by atoms with Gasteiger partial charge in [-0.05, 0) is 39.0 Å². The van der Waals surface area contributed by atoms with Gasteiger partial charge < -0.3 is 4.74 Å². The van der Waals surface area contributed by atoms with Crippen LogP contribution >= 0.6 is 27.7 Å². The second-order valence-electron chi connectivity index (χ2n) is 3.15. The van der Waals surface area contributed by atoms with Gasteiger partial charge in [0, 0.05) is 0 Å². The molecular formula is C12H11BrOS. The highest BCUT2D eigenvalue weighted by atomic mass is 79.9. The third kappa shape index (κ3) is 1.86. The van der Waals surface area contributed by atoms with Gasteiger partial charge >= 0.3 is 0 Å². The number of thioether (sulfide) groups is 1. The molecule has 2 rings (SSSR count). The molecule has 2 aromatic rings. The van der Waals surface area contributed by atoms with Gasteiger partial charge in [0.2, 0.25) is 0 Å². The number of methoxy groups -OCH3 is 1. The summed E-state index contributed by atoms with van der Waals surface area (Å²) in [7, 11) is 1.70. The van der Waals surface area contributed by atoms with Crippen LogP contribution in [0.3, 0.4) is 0 Å². The summed E-state index contributed by atoms with van der Waals surface area (Å²) in [5, 5.41) is 2.42. The molecule has 1 nitrogen and oxygen atoms in total. The molecule has 0 amide bonds. The smallest absolute Gasteiger partial charge is 0.147 e. The van der Waals surface area contributed by atoms with Crippen LogP contribution in [0.2, 0.25) is 0 Å². The predicted octanol–water partition coefficient (Wildman–Crippen LogP) is 4.33. The molecule has 3 heteroatoms. The van der Waals surface area contributed by atoms with Crippen LogP contribution in [0, 0.1) is 0 Å². The van der Waals surface area contributed by atoms with Gasteiger partial charge in [-0.15, -0.1) is 11.8 Å². The highest BCUT2D eigenvalue weighted by molar-refractivity contribution is 9.10. The van der Waals surface area contributed by atoms with E-state index in [-0.39, 0.29) is 0 Å². The Labute approximate surface area is 102 Å². The van der Waals surface area contributed by atoms with Crippen molar-refractivity contribution in [2.75, 3.05) is 13.4 Å². The van der Waals surface area contributed by atoms with Gasteiger partial charge in [0.15, 0.2) is 0 Å². The first-order chi connectivity index (χ1) is 7.27. The van der Waals surface area contributed by atoms with E-state index in [9.17, 15) is 0 Å². The molecule has 0 bridgehead atoms. The van der Waals surface area contributed by atoms with E-state index in [2.05, 4.69) is 40.4 Å². The van der Waals surface area contributed by atoms with E-state index in [0.29, 0.717) is 0 Å². The van der Waals surface area contributed by atoms with Gasteiger partial charge in [-0.25, -0.2) is 0 Å². The van der Waals surface area contributed by atoms with Gasteiger partial charge in [-0.1, -0.05) is 24.3 Å². The summed E-state index contributed by atoms with van der Waals surface area (Å²) in [6.07, 6.45) is 2.05. The molecule has 0 radical (unpaired) electrons. The molecule has 0 saturated heterocycles. The summed E-state index contributed by atoms with van der Waals surface area (Å²) in [4.78, 5) is 1.16. The summed E-state index contributed by atoms with van der Waals surface area (Å²) >= 11 is 5.29.